The summed E-state index contributed by atoms with van der Waals surface area (Å²) in [6, 6.07) is 6.93. The Bertz CT molecular complexity index is 901. The Balaban J connectivity index is 2.13. The molecule has 0 spiro atoms. The molecule has 0 amide bonds. The Morgan fingerprint density at radius 3 is 2.64 bits per heavy atom. The minimum absolute atomic E-state index is 0.0556. The van der Waals surface area contributed by atoms with Crippen LogP contribution in [0.25, 0.3) is 10.9 Å². The third kappa shape index (κ3) is 2.74. The quantitative estimate of drug-likeness (QED) is 0.699. The first-order valence-electron chi connectivity index (χ1n) is 6.16. The fourth-order valence-electron chi connectivity index (χ4n) is 2.14. The first kappa shape index (κ1) is 15.1. The molecular weight excluding hydrogens is 337 g/mol. The van der Waals surface area contributed by atoms with Gasteiger partial charge in [0, 0.05) is 4.88 Å². The second-order valence-electron chi connectivity index (χ2n) is 4.58. The molecule has 2 heterocycles. The molecule has 114 valence electrons. The highest BCUT2D eigenvalue weighted by molar-refractivity contribution is 7.16. The summed E-state index contributed by atoms with van der Waals surface area (Å²) in [6.45, 7) is 0.218. The van der Waals surface area contributed by atoms with Gasteiger partial charge in [0.25, 0.3) is 5.56 Å². The van der Waals surface area contributed by atoms with Crippen molar-refractivity contribution in [2.24, 2.45) is 0 Å². The van der Waals surface area contributed by atoms with Crippen molar-refractivity contribution in [3.05, 3.63) is 61.8 Å². The van der Waals surface area contributed by atoms with Gasteiger partial charge >= 0.3 is 6.18 Å². The molecule has 3 nitrogen and oxygen atoms in total. The maximum Gasteiger partial charge on any atom is 0.418 e. The Labute approximate surface area is 131 Å². The number of para-hydroxylation sites is 1. The summed E-state index contributed by atoms with van der Waals surface area (Å²) < 4.78 is 40.7. The number of fused-ring (bicyclic) bond motifs is 1. The van der Waals surface area contributed by atoms with Crippen LogP contribution in [0.5, 0.6) is 0 Å². The van der Waals surface area contributed by atoms with Crippen molar-refractivity contribution in [2.45, 2.75) is 12.7 Å². The van der Waals surface area contributed by atoms with Crippen LogP contribution in [-0.2, 0) is 12.7 Å². The van der Waals surface area contributed by atoms with Gasteiger partial charge in [0.05, 0.1) is 33.7 Å². The number of alkyl halides is 3. The average Bonchev–Trinajstić information content (AvgIpc) is 2.86. The second-order valence-corrected chi connectivity index (χ2v) is 6.38. The Morgan fingerprint density at radius 2 is 2.00 bits per heavy atom. The highest BCUT2D eigenvalue weighted by Gasteiger charge is 2.33. The highest BCUT2D eigenvalue weighted by Crippen LogP contribution is 2.32. The zero-order valence-electron chi connectivity index (χ0n) is 10.9. The van der Waals surface area contributed by atoms with Gasteiger partial charge in [-0.15, -0.1) is 11.3 Å². The summed E-state index contributed by atoms with van der Waals surface area (Å²) >= 11 is 7.12. The van der Waals surface area contributed by atoms with E-state index in [9.17, 15) is 18.0 Å². The van der Waals surface area contributed by atoms with E-state index in [1.165, 1.54) is 28.0 Å². The molecule has 0 unspecified atom stereocenters. The summed E-state index contributed by atoms with van der Waals surface area (Å²) in [5.74, 6) is 0. The van der Waals surface area contributed by atoms with Crippen LogP contribution < -0.4 is 5.56 Å². The van der Waals surface area contributed by atoms with Crippen LogP contribution in [0, 0.1) is 0 Å². The zero-order chi connectivity index (χ0) is 15.9. The van der Waals surface area contributed by atoms with Gasteiger partial charge < -0.3 is 0 Å². The van der Waals surface area contributed by atoms with E-state index in [1.807, 2.05) is 0 Å². The highest BCUT2D eigenvalue weighted by atomic mass is 35.5. The number of hydrogen-bond donors (Lipinski definition) is 0. The predicted molar refractivity (Wildman–Crippen MR) is 79.4 cm³/mol. The third-order valence-corrected chi connectivity index (χ3v) is 4.33. The molecule has 0 atom stereocenters. The topological polar surface area (TPSA) is 34.9 Å². The van der Waals surface area contributed by atoms with E-state index < -0.39 is 17.3 Å². The molecular formula is C14H8ClF3N2OS. The Kier molecular flexibility index (Phi) is 3.70. The van der Waals surface area contributed by atoms with Gasteiger partial charge in [-0.25, -0.2) is 4.98 Å². The van der Waals surface area contributed by atoms with Crippen LogP contribution in [0.15, 0.2) is 41.5 Å². The number of aromatic nitrogens is 2. The lowest BCUT2D eigenvalue weighted by molar-refractivity contribution is -0.136. The molecule has 0 saturated heterocycles. The van der Waals surface area contributed by atoms with Crippen LogP contribution in [0.3, 0.4) is 0 Å². The van der Waals surface area contributed by atoms with E-state index in [0.717, 1.165) is 17.3 Å². The summed E-state index contributed by atoms with van der Waals surface area (Å²) in [6.07, 6.45) is -3.42. The van der Waals surface area contributed by atoms with Gasteiger partial charge in [-0.2, -0.15) is 13.2 Å². The summed E-state index contributed by atoms with van der Waals surface area (Å²) in [5.41, 5.74) is -1.76. The van der Waals surface area contributed by atoms with E-state index in [1.54, 1.807) is 12.1 Å². The summed E-state index contributed by atoms with van der Waals surface area (Å²) in [4.78, 5) is 17.0. The third-order valence-electron chi connectivity index (χ3n) is 3.11. The molecule has 3 aromatic rings. The first-order chi connectivity index (χ1) is 10.4. The maximum atomic E-state index is 12.9. The molecule has 0 saturated carbocycles. The molecule has 22 heavy (non-hydrogen) atoms. The van der Waals surface area contributed by atoms with Gasteiger partial charge in [-0.1, -0.05) is 17.7 Å². The van der Waals surface area contributed by atoms with Crippen LogP contribution >= 0.6 is 22.9 Å². The minimum Gasteiger partial charge on any atom is -0.293 e. The van der Waals surface area contributed by atoms with E-state index in [-0.39, 0.29) is 17.4 Å². The molecule has 0 fully saturated rings. The van der Waals surface area contributed by atoms with Crippen LogP contribution in [0.2, 0.25) is 4.34 Å². The lowest BCUT2D eigenvalue weighted by Gasteiger charge is -2.10. The lowest BCUT2D eigenvalue weighted by Crippen LogP contribution is -2.22. The number of halogens is 4. The molecule has 0 N–H and O–H groups in total. The standard InChI is InChI=1S/C14H8ClF3N2OS/c15-11-5-4-8(22-11)6-20-7-19-12-9(13(20)21)2-1-3-10(12)14(16,17)18/h1-5,7H,6H2. The fraction of sp³-hybridized carbons (Fsp3) is 0.143. The van der Waals surface area contributed by atoms with Gasteiger partial charge in [-0.05, 0) is 24.3 Å². The number of thiophene rings is 1. The molecule has 0 bridgehead atoms. The van der Waals surface area contributed by atoms with Crippen LogP contribution in [0.1, 0.15) is 10.4 Å². The van der Waals surface area contributed by atoms with Gasteiger partial charge in [-0.3, -0.25) is 9.36 Å². The monoisotopic (exact) mass is 344 g/mol. The summed E-state index contributed by atoms with van der Waals surface area (Å²) in [5, 5.41) is -0.0556. The van der Waals surface area contributed by atoms with Crippen molar-refractivity contribution < 1.29 is 13.2 Å². The number of benzene rings is 1. The second kappa shape index (κ2) is 5.40. The van der Waals surface area contributed by atoms with E-state index >= 15 is 0 Å². The van der Waals surface area contributed by atoms with E-state index in [0.29, 0.717) is 4.34 Å². The molecule has 8 heteroatoms. The Morgan fingerprint density at radius 1 is 1.23 bits per heavy atom. The largest absolute Gasteiger partial charge is 0.418 e. The van der Waals surface area contributed by atoms with Crippen molar-refractivity contribution in [1.82, 2.24) is 9.55 Å². The SMILES string of the molecule is O=c1c2cccc(C(F)(F)F)c2ncn1Cc1ccc(Cl)s1. The number of hydrogen-bond acceptors (Lipinski definition) is 3. The van der Waals surface area contributed by atoms with E-state index in [2.05, 4.69) is 4.98 Å². The van der Waals surface area contributed by atoms with Gasteiger partial charge in [0.15, 0.2) is 0 Å². The van der Waals surface area contributed by atoms with Crippen molar-refractivity contribution in [3.8, 4) is 0 Å². The molecule has 2 aromatic heterocycles. The molecule has 1 aromatic carbocycles. The smallest absolute Gasteiger partial charge is 0.293 e. The maximum absolute atomic E-state index is 12.9. The van der Waals surface area contributed by atoms with E-state index in [4.69, 9.17) is 11.6 Å². The minimum atomic E-state index is -4.55. The van der Waals surface area contributed by atoms with Gasteiger partial charge in [0.1, 0.15) is 0 Å². The number of nitrogens with zero attached hydrogens (tertiary/aromatic N) is 2. The van der Waals surface area contributed by atoms with Crippen molar-refractivity contribution in [1.29, 1.82) is 0 Å². The molecule has 0 radical (unpaired) electrons. The van der Waals surface area contributed by atoms with Crippen molar-refractivity contribution >= 4 is 33.8 Å². The first-order valence-corrected chi connectivity index (χ1v) is 7.35. The number of rotatable bonds is 2. The van der Waals surface area contributed by atoms with Crippen molar-refractivity contribution in [2.75, 3.05) is 0 Å². The molecule has 3 rings (SSSR count). The normalized spacial score (nSPS) is 12.0. The van der Waals surface area contributed by atoms with Crippen molar-refractivity contribution in [3.63, 3.8) is 0 Å². The Hall–Kier alpha value is -1.86. The average molecular weight is 345 g/mol. The lowest BCUT2D eigenvalue weighted by atomic mass is 10.1. The van der Waals surface area contributed by atoms with Gasteiger partial charge in [0.2, 0.25) is 0 Å². The molecule has 0 aliphatic heterocycles. The predicted octanol–water partition coefficient (Wildman–Crippen LogP) is 4.18. The van der Waals surface area contributed by atoms with Crippen LogP contribution in [-0.4, -0.2) is 9.55 Å². The summed E-state index contributed by atoms with van der Waals surface area (Å²) in [7, 11) is 0. The van der Waals surface area contributed by atoms with Crippen LogP contribution in [0.4, 0.5) is 13.2 Å². The molecule has 0 aliphatic carbocycles. The molecule has 0 aliphatic rings. The zero-order valence-corrected chi connectivity index (χ0v) is 12.5. The fourth-order valence-corrected chi connectivity index (χ4v) is 3.22.